The monoisotopic (exact) mass is 262 g/mol. The molecule has 0 bridgehead atoms. The van der Waals surface area contributed by atoms with E-state index in [0.29, 0.717) is 6.42 Å². The fourth-order valence-electron chi connectivity index (χ4n) is 2.55. The lowest BCUT2D eigenvalue weighted by molar-refractivity contribution is 0.0810. The Balaban J connectivity index is 1.81. The molecule has 1 heterocycles. The maximum atomic E-state index is 9.80. The molecule has 1 aliphatic heterocycles. The van der Waals surface area contributed by atoms with Gasteiger partial charge in [-0.15, -0.1) is 0 Å². The van der Waals surface area contributed by atoms with E-state index in [9.17, 15) is 5.11 Å². The van der Waals surface area contributed by atoms with Crippen molar-refractivity contribution >= 4 is 0 Å². The lowest BCUT2D eigenvalue weighted by Gasteiger charge is -2.27. The van der Waals surface area contributed by atoms with Gasteiger partial charge in [-0.25, -0.2) is 0 Å². The molecule has 19 heavy (non-hydrogen) atoms. The summed E-state index contributed by atoms with van der Waals surface area (Å²) in [5.41, 5.74) is 1.97. The smallest absolute Gasteiger partial charge is 0.0631 e. The fraction of sp³-hybridized carbons (Fsp3) is 0.625. The van der Waals surface area contributed by atoms with Crippen LogP contribution in [0.15, 0.2) is 24.3 Å². The Morgan fingerprint density at radius 1 is 1.11 bits per heavy atom. The van der Waals surface area contributed by atoms with Crippen molar-refractivity contribution in [1.82, 2.24) is 10.2 Å². The number of nitrogens with one attached hydrogen (secondary N) is 1. The van der Waals surface area contributed by atoms with E-state index in [-0.39, 0.29) is 0 Å². The van der Waals surface area contributed by atoms with E-state index in [0.717, 1.165) is 39.1 Å². The SMILES string of the molecule is CC(C)(O)Cc1ccc(CCN2CCNCC2)cc1. The summed E-state index contributed by atoms with van der Waals surface area (Å²) in [5, 5.41) is 13.2. The molecule has 0 aromatic heterocycles. The zero-order valence-electron chi connectivity index (χ0n) is 12.2. The molecule has 3 nitrogen and oxygen atoms in total. The number of benzene rings is 1. The van der Waals surface area contributed by atoms with Crippen LogP contribution in [0.1, 0.15) is 25.0 Å². The average Bonchev–Trinajstić information content (AvgIpc) is 2.37. The highest BCUT2D eigenvalue weighted by atomic mass is 16.3. The molecule has 106 valence electrons. The van der Waals surface area contributed by atoms with Gasteiger partial charge < -0.3 is 15.3 Å². The van der Waals surface area contributed by atoms with Crippen LogP contribution in [0.4, 0.5) is 0 Å². The Kier molecular flexibility index (Phi) is 4.97. The van der Waals surface area contributed by atoms with Crippen LogP contribution in [0, 0.1) is 0 Å². The molecular weight excluding hydrogens is 236 g/mol. The molecule has 2 N–H and O–H groups in total. The van der Waals surface area contributed by atoms with E-state index in [4.69, 9.17) is 0 Å². The predicted molar refractivity (Wildman–Crippen MR) is 79.5 cm³/mol. The summed E-state index contributed by atoms with van der Waals surface area (Å²) >= 11 is 0. The van der Waals surface area contributed by atoms with Crippen LogP contribution in [-0.4, -0.2) is 48.3 Å². The van der Waals surface area contributed by atoms with Gasteiger partial charge in [0.25, 0.3) is 0 Å². The topological polar surface area (TPSA) is 35.5 Å². The molecule has 1 aromatic carbocycles. The zero-order valence-corrected chi connectivity index (χ0v) is 12.2. The second kappa shape index (κ2) is 6.51. The van der Waals surface area contributed by atoms with Crippen LogP contribution < -0.4 is 5.32 Å². The van der Waals surface area contributed by atoms with Crippen LogP contribution in [0.5, 0.6) is 0 Å². The Morgan fingerprint density at radius 3 is 2.26 bits per heavy atom. The number of piperazine rings is 1. The third-order valence-corrected chi connectivity index (χ3v) is 3.59. The van der Waals surface area contributed by atoms with Crippen LogP contribution >= 0.6 is 0 Å². The van der Waals surface area contributed by atoms with E-state index in [1.807, 2.05) is 13.8 Å². The average molecular weight is 262 g/mol. The van der Waals surface area contributed by atoms with Gasteiger partial charge in [0.05, 0.1) is 5.60 Å². The van der Waals surface area contributed by atoms with Gasteiger partial charge in [0.2, 0.25) is 0 Å². The highest BCUT2D eigenvalue weighted by Crippen LogP contribution is 2.13. The first-order chi connectivity index (χ1) is 9.03. The molecule has 0 atom stereocenters. The number of aliphatic hydroxyl groups is 1. The van der Waals surface area contributed by atoms with Gasteiger partial charge in [0, 0.05) is 39.1 Å². The van der Waals surface area contributed by atoms with Gasteiger partial charge in [-0.1, -0.05) is 24.3 Å². The quantitative estimate of drug-likeness (QED) is 0.843. The van der Waals surface area contributed by atoms with Crippen molar-refractivity contribution in [3.63, 3.8) is 0 Å². The summed E-state index contributed by atoms with van der Waals surface area (Å²) in [5.74, 6) is 0. The number of hydrogen-bond acceptors (Lipinski definition) is 3. The molecule has 0 aliphatic carbocycles. The highest BCUT2D eigenvalue weighted by molar-refractivity contribution is 5.23. The van der Waals surface area contributed by atoms with Gasteiger partial charge in [-0.2, -0.15) is 0 Å². The normalized spacial score (nSPS) is 17.6. The van der Waals surface area contributed by atoms with Crippen molar-refractivity contribution < 1.29 is 5.11 Å². The fourth-order valence-corrected chi connectivity index (χ4v) is 2.55. The molecule has 2 rings (SSSR count). The van der Waals surface area contributed by atoms with Gasteiger partial charge in [0.1, 0.15) is 0 Å². The van der Waals surface area contributed by atoms with E-state index >= 15 is 0 Å². The van der Waals surface area contributed by atoms with Crippen molar-refractivity contribution in [2.75, 3.05) is 32.7 Å². The predicted octanol–water partition coefficient (Wildman–Crippen LogP) is 1.45. The minimum Gasteiger partial charge on any atom is -0.390 e. The molecule has 0 unspecified atom stereocenters. The molecule has 1 aliphatic rings. The summed E-state index contributed by atoms with van der Waals surface area (Å²) in [6.45, 7) is 9.41. The Bertz CT molecular complexity index is 375. The van der Waals surface area contributed by atoms with Crippen molar-refractivity contribution in [1.29, 1.82) is 0 Å². The summed E-state index contributed by atoms with van der Waals surface area (Å²) in [4.78, 5) is 2.52. The van der Waals surface area contributed by atoms with E-state index in [1.54, 1.807) is 0 Å². The van der Waals surface area contributed by atoms with Gasteiger partial charge >= 0.3 is 0 Å². The van der Waals surface area contributed by atoms with Crippen LogP contribution in [-0.2, 0) is 12.8 Å². The van der Waals surface area contributed by atoms with Crippen molar-refractivity contribution in [2.45, 2.75) is 32.3 Å². The number of hydrogen-bond donors (Lipinski definition) is 2. The van der Waals surface area contributed by atoms with Crippen LogP contribution in [0.25, 0.3) is 0 Å². The molecular formula is C16H26N2O. The van der Waals surface area contributed by atoms with E-state index in [2.05, 4.69) is 34.5 Å². The second-order valence-electron chi connectivity index (χ2n) is 6.15. The second-order valence-corrected chi connectivity index (χ2v) is 6.15. The van der Waals surface area contributed by atoms with Crippen LogP contribution in [0.3, 0.4) is 0 Å². The molecule has 1 fully saturated rings. The molecule has 0 spiro atoms. The summed E-state index contributed by atoms with van der Waals surface area (Å²) in [7, 11) is 0. The van der Waals surface area contributed by atoms with Gasteiger partial charge in [-0.05, 0) is 31.4 Å². The summed E-state index contributed by atoms with van der Waals surface area (Å²) in [6, 6.07) is 8.68. The largest absolute Gasteiger partial charge is 0.390 e. The molecule has 1 aromatic rings. The summed E-state index contributed by atoms with van der Waals surface area (Å²) < 4.78 is 0. The maximum absolute atomic E-state index is 9.80. The molecule has 1 saturated heterocycles. The third kappa shape index (κ3) is 5.31. The maximum Gasteiger partial charge on any atom is 0.0631 e. The van der Waals surface area contributed by atoms with Crippen molar-refractivity contribution in [3.05, 3.63) is 35.4 Å². The molecule has 3 heteroatoms. The standard InChI is InChI=1S/C16H26N2O/c1-16(2,19)13-15-5-3-14(4-6-15)7-10-18-11-8-17-9-12-18/h3-6,17,19H,7-13H2,1-2H3. The van der Waals surface area contributed by atoms with Gasteiger partial charge in [0.15, 0.2) is 0 Å². The highest BCUT2D eigenvalue weighted by Gasteiger charge is 2.13. The Hall–Kier alpha value is -0.900. The molecule has 0 saturated carbocycles. The molecule has 0 radical (unpaired) electrons. The third-order valence-electron chi connectivity index (χ3n) is 3.59. The van der Waals surface area contributed by atoms with Crippen molar-refractivity contribution in [3.8, 4) is 0 Å². The Labute approximate surface area is 116 Å². The number of rotatable bonds is 5. The van der Waals surface area contributed by atoms with E-state index in [1.165, 1.54) is 11.1 Å². The lowest BCUT2D eigenvalue weighted by Crippen LogP contribution is -2.44. The zero-order chi connectivity index (χ0) is 13.7. The summed E-state index contributed by atoms with van der Waals surface area (Å²) in [6.07, 6.45) is 1.83. The van der Waals surface area contributed by atoms with Crippen molar-refractivity contribution in [2.24, 2.45) is 0 Å². The van der Waals surface area contributed by atoms with Crippen LogP contribution in [0.2, 0.25) is 0 Å². The first-order valence-corrected chi connectivity index (χ1v) is 7.26. The minimum atomic E-state index is -0.623. The first kappa shape index (κ1) is 14.5. The Morgan fingerprint density at radius 2 is 1.68 bits per heavy atom. The minimum absolute atomic E-state index is 0.623. The number of nitrogens with zero attached hydrogens (tertiary/aromatic N) is 1. The molecule has 0 amide bonds. The van der Waals surface area contributed by atoms with Gasteiger partial charge in [-0.3, -0.25) is 0 Å². The lowest BCUT2D eigenvalue weighted by atomic mass is 9.97. The first-order valence-electron chi connectivity index (χ1n) is 7.26. The van der Waals surface area contributed by atoms with E-state index < -0.39 is 5.60 Å².